The zero-order valence-corrected chi connectivity index (χ0v) is 16.8. The number of anilines is 1. The molecule has 3 aliphatic carbocycles. The van der Waals surface area contributed by atoms with Gasteiger partial charge in [-0.25, -0.2) is 23.7 Å². The number of hydrogen-bond acceptors (Lipinski definition) is 6. The molecule has 4 fully saturated rings. The fourth-order valence-electron chi connectivity index (χ4n) is 4.91. The number of nitrogens with zero attached hydrogens (tertiary/aromatic N) is 4. The van der Waals surface area contributed by atoms with E-state index in [1.807, 2.05) is 18.4 Å². The Bertz CT molecular complexity index is 1070. The highest BCUT2D eigenvalue weighted by atomic mass is 19.3. The third kappa shape index (κ3) is 3.05. The van der Waals surface area contributed by atoms with Crippen molar-refractivity contribution in [2.24, 2.45) is 17.8 Å². The Kier molecular flexibility index (Phi) is 3.90. The average molecular weight is 415 g/mol. The molecule has 158 valence electrons. The Hall–Kier alpha value is -2.31. The highest BCUT2D eigenvalue weighted by molar-refractivity contribution is 5.83. The van der Waals surface area contributed by atoms with Gasteiger partial charge in [-0.2, -0.15) is 0 Å². The van der Waals surface area contributed by atoms with Crippen LogP contribution in [0.1, 0.15) is 45.0 Å². The lowest BCUT2D eigenvalue weighted by molar-refractivity contribution is -0.156. The lowest BCUT2D eigenvalue weighted by Crippen LogP contribution is -2.30. The van der Waals surface area contributed by atoms with Crippen LogP contribution in [0.5, 0.6) is 0 Å². The quantitative estimate of drug-likeness (QED) is 0.774. The van der Waals surface area contributed by atoms with Crippen molar-refractivity contribution in [2.45, 2.75) is 63.6 Å². The van der Waals surface area contributed by atoms with Crippen molar-refractivity contribution in [1.82, 2.24) is 19.5 Å². The first-order valence-electron chi connectivity index (χ1n) is 10.5. The Morgan fingerprint density at radius 2 is 2.03 bits per heavy atom. The topological polar surface area (TPSA) is 74.1 Å². The number of rotatable bonds is 4. The van der Waals surface area contributed by atoms with Gasteiger partial charge in [0.25, 0.3) is 6.43 Å². The van der Waals surface area contributed by atoms with E-state index in [2.05, 4.69) is 32.1 Å². The number of imidazole rings is 1. The number of alkyl halides is 2. The van der Waals surface area contributed by atoms with Gasteiger partial charge in [0.15, 0.2) is 22.8 Å². The van der Waals surface area contributed by atoms with E-state index in [-0.39, 0.29) is 18.2 Å². The summed E-state index contributed by atoms with van der Waals surface area (Å²) in [6, 6.07) is 0.0499. The van der Waals surface area contributed by atoms with E-state index in [0.29, 0.717) is 40.6 Å². The lowest BCUT2D eigenvalue weighted by Gasteiger charge is -2.24. The highest BCUT2D eigenvalue weighted by Crippen LogP contribution is 2.63. The second kappa shape index (κ2) is 6.34. The van der Waals surface area contributed by atoms with Crippen LogP contribution < -0.4 is 5.32 Å². The molecule has 5 atom stereocenters. The number of nitrogens with one attached hydrogen (secondary N) is 1. The molecule has 0 bridgehead atoms. The summed E-state index contributed by atoms with van der Waals surface area (Å²) in [6.45, 7) is 3.37. The van der Waals surface area contributed by atoms with E-state index in [1.165, 1.54) is 0 Å². The van der Waals surface area contributed by atoms with Crippen LogP contribution in [0.4, 0.5) is 14.6 Å². The first-order chi connectivity index (χ1) is 14.4. The highest BCUT2D eigenvalue weighted by Gasteiger charge is 2.66. The summed E-state index contributed by atoms with van der Waals surface area (Å²) in [4.78, 5) is 13.5. The molecule has 0 radical (unpaired) electrons. The van der Waals surface area contributed by atoms with Gasteiger partial charge < -0.3 is 19.4 Å². The zero-order valence-electron chi connectivity index (χ0n) is 16.8. The Labute approximate surface area is 172 Å². The van der Waals surface area contributed by atoms with Crippen LogP contribution in [0.3, 0.4) is 0 Å². The Morgan fingerprint density at radius 3 is 2.80 bits per heavy atom. The van der Waals surface area contributed by atoms with Crippen molar-refractivity contribution in [1.29, 1.82) is 0 Å². The Morgan fingerprint density at radius 1 is 1.23 bits per heavy atom. The second-order valence-corrected chi connectivity index (χ2v) is 9.15. The number of ether oxygens (including phenoxy) is 2. The Balaban J connectivity index is 1.42. The fourth-order valence-corrected chi connectivity index (χ4v) is 4.91. The molecule has 2 aromatic heterocycles. The normalized spacial score (nSPS) is 33.3. The fraction of sp³-hybridized carbons (Fsp3) is 0.667. The van der Waals surface area contributed by atoms with Crippen LogP contribution in [0.25, 0.3) is 11.2 Å². The molecule has 1 N–H and O–H groups in total. The third-order valence-corrected chi connectivity index (χ3v) is 6.38. The summed E-state index contributed by atoms with van der Waals surface area (Å²) in [6.07, 6.45) is 2.49. The van der Waals surface area contributed by atoms with Crippen LogP contribution in [0.2, 0.25) is 0 Å². The summed E-state index contributed by atoms with van der Waals surface area (Å²) < 4.78 is 40.0. The predicted octanol–water partition coefficient (Wildman–Crippen LogP) is 2.98. The van der Waals surface area contributed by atoms with Crippen molar-refractivity contribution < 1.29 is 18.3 Å². The van der Waals surface area contributed by atoms with Gasteiger partial charge in [-0.05, 0) is 50.9 Å². The van der Waals surface area contributed by atoms with Crippen LogP contribution in [-0.4, -0.2) is 50.5 Å². The molecule has 2 aromatic rings. The van der Waals surface area contributed by atoms with E-state index in [0.717, 1.165) is 19.3 Å². The maximum absolute atomic E-state index is 12.8. The standard InChI is InChI=1S/C21H23F2N5O2/c1-21(2)29-17-12-7-11(12)16(18(17)30-21)28-9-25-15-19(24-8-13(22)23)26-14(27-20(15)28)6-5-10-3-4-10/h9-13,16-18H,3-4,7-8H2,1-2H3,(H,24,26,27)/t11-,12+,16+,17+,18-/m0/s1. The minimum Gasteiger partial charge on any atom is -0.362 e. The molecule has 0 unspecified atom stereocenters. The molecule has 4 aliphatic rings. The van der Waals surface area contributed by atoms with Crippen LogP contribution >= 0.6 is 0 Å². The van der Waals surface area contributed by atoms with Gasteiger partial charge >= 0.3 is 0 Å². The first-order valence-corrected chi connectivity index (χ1v) is 10.5. The summed E-state index contributed by atoms with van der Waals surface area (Å²) in [7, 11) is 0. The maximum atomic E-state index is 12.8. The summed E-state index contributed by atoms with van der Waals surface area (Å²) in [5.74, 6) is 7.50. The van der Waals surface area contributed by atoms with Gasteiger partial charge in [0.2, 0.25) is 5.82 Å². The van der Waals surface area contributed by atoms with E-state index < -0.39 is 18.8 Å². The van der Waals surface area contributed by atoms with Gasteiger partial charge in [0.05, 0.1) is 25.0 Å². The molecular formula is C21H23F2N5O2. The second-order valence-electron chi connectivity index (χ2n) is 9.15. The molecular weight excluding hydrogens is 392 g/mol. The van der Waals surface area contributed by atoms with Crippen LogP contribution in [0, 0.1) is 29.6 Å². The number of halogens is 2. The molecule has 3 saturated carbocycles. The maximum Gasteiger partial charge on any atom is 0.255 e. The molecule has 30 heavy (non-hydrogen) atoms. The smallest absolute Gasteiger partial charge is 0.255 e. The minimum atomic E-state index is -2.49. The number of fused-ring (bicyclic) bond motifs is 4. The summed E-state index contributed by atoms with van der Waals surface area (Å²) >= 11 is 0. The first kappa shape index (κ1) is 18.5. The van der Waals surface area contributed by atoms with E-state index in [4.69, 9.17) is 9.47 Å². The van der Waals surface area contributed by atoms with E-state index >= 15 is 0 Å². The van der Waals surface area contributed by atoms with Gasteiger partial charge in [-0.15, -0.1) is 0 Å². The van der Waals surface area contributed by atoms with Crippen LogP contribution in [-0.2, 0) is 9.47 Å². The van der Waals surface area contributed by atoms with Crippen molar-refractivity contribution in [3.63, 3.8) is 0 Å². The SMILES string of the molecule is CC1(C)O[C@@H]2[C@@H]3C[C@@H]3[C@@H](n3cnc4c(NCC(F)F)nc(C#CC5CC5)nc43)[C@@H]2O1. The molecule has 9 heteroatoms. The van der Waals surface area contributed by atoms with Crippen molar-refractivity contribution in [2.75, 3.05) is 11.9 Å². The van der Waals surface area contributed by atoms with Gasteiger partial charge in [-0.1, -0.05) is 5.92 Å². The molecule has 6 rings (SSSR count). The monoisotopic (exact) mass is 415 g/mol. The predicted molar refractivity (Wildman–Crippen MR) is 104 cm³/mol. The third-order valence-electron chi connectivity index (χ3n) is 6.38. The van der Waals surface area contributed by atoms with E-state index in [9.17, 15) is 8.78 Å². The molecule has 0 aromatic carbocycles. The number of aromatic nitrogens is 4. The van der Waals surface area contributed by atoms with Gasteiger partial charge in [0.1, 0.15) is 6.10 Å². The molecule has 1 aliphatic heterocycles. The molecule has 3 heterocycles. The van der Waals surface area contributed by atoms with Gasteiger partial charge in [0, 0.05) is 5.92 Å². The van der Waals surface area contributed by atoms with Crippen LogP contribution in [0.15, 0.2) is 6.33 Å². The van der Waals surface area contributed by atoms with Crippen molar-refractivity contribution in [3.8, 4) is 11.8 Å². The zero-order chi connectivity index (χ0) is 20.6. The average Bonchev–Trinajstić information content (AvgIpc) is 3.57. The molecule has 7 nitrogen and oxygen atoms in total. The largest absolute Gasteiger partial charge is 0.362 e. The summed E-state index contributed by atoms with van der Waals surface area (Å²) in [5.41, 5.74) is 1.08. The lowest BCUT2D eigenvalue weighted by atomic mass is 10.1. The van der Waals surface area contributed by atoms with E-state index in [1.54, 1.807) is 6.33 Å². The molecule has 0 spiro atoms. The van der Waals surface area contributed by atoms with Gasteiger partial charge in [-0.3, -0.25) is 0 Å². The minimum absolute atomic E-state index is 0.0499. The van der Waals surface area contributed by atoms with Crippen molar-refractivity contribution in [3.05, 3.63) is 12.2 Å². The summed E-state index contributed by atoms with van der Waals surface area (Å²) in [5, 5.41) is 2.72. The number of hydrogen-bond donors (Lipinski definition) is 1. The molecule has 1 saturated heterocycles. The molecule has 0 amide bonds. The van der Waals surface area contributed by atoms with Crippen molar-refractivity contribution >= 4 is 17.0 Å².